The second kappa shape index (κ2) is 9.32. The third-order valence-electron chi connectivity index (χ3n) is 7.73. The Hall–Kier alpha value is -3.42. The van der Waals surface area contributed by atoms with Gasteiger partial charge < -0.3 is 9.47 Å². The maximum atomic E-state index is 13.3. The van der Waals surface area contributed by atoms with Gasteiger partial charge in [-0.3, -0.25) is 24.6 Å². The van der Waals surface area contributed by atoms with E-state index in [4.69, 9.17) is 0 Å². The van der Waals surface area contributed by atoms with E-state index in [0.717, 1.165) is 55.8 Å². The molecular formula is C27H32N4O4. The minimum atomic E-state index is -0.682. The lowest BCUT2D eigenvalue weighted by Crippen LogP contribution is -2.57. The van der Waals surface area contributed by atoms with Crippen molar-refractivity contribution in [1.29, 1.82) is 0 Å². The number of urea groups is 1. The highest BCUT2D eigenvalue weighted by Gasteiger charge is 2.40. The zero-order valence-electron chi connectivity index (χ0n) is 20.3. The molecule has 2 aromatic rings. The summed E-state index contributed by atoms with van der Waals surface area (Å²) in [6.07, 6.45) is 9.97. The molecule has 35 heavy (non-hydrogen) atoms. The van der Waals surface area contributed by atoms with E-state index in [1.165, 1.54) is 4.90 Å². The van der Waals surface area contributed by atoms with E-state index in [1.807, 2.05) is 39.9 Å². The van der Waals surface area contributed by atoms with Gasteiger partial charge >= 0.3 is 6.03 Å². The first kappa shape index (κ1) is 23.3. The zero-order valence-corrected chi connectivity index (χ0v) is 20.3. The van der Waals surface area contributed by atoms with Gasteiger partial charge in [0.25, 0.3) is 11.8 Å². The maximum Gasteiger partial charge on any atom is 0.331 e. The highest BCUT2D eigenvalue weighted by molar-refractivity contribution is 6.31. The van der Waals surface area contributed by atoms with Crippen molar-refractivity contribution in [2.75, 3.05) is 0 Å². The van der Waals surface area contributed by atoms with E-state index in [-0.39, 0.29) is 36.2 Å². The number of hydrogen-bond acceptors (Lipinski definition) is 4. The highest BCUT2D eigenvalue weighted by Crippen LogP contribution is 2.30. The van der Waals surface area contributed by atoms with Crippen LogP contribution in [-0.2, 0) is 20.9 Å². The first-order valence-electron chi connectivity index (χ1n) is 12.6. The fourth-order valence-electron chi connectivity index (χ4n) is 5.98. The molecule has 0 unspecified atom stereocenters. The fourth-order valence-corrected chi connectivity index (χ4v) is 5.98. The van der Waals surface area contributed by atoms with Crippen LogP contribution >= 0.6 is 0 Å². The third kappa shape index (κ3) is 4.26. The van der Waals surface area contributed by atoms with Crippen LogP contribution < -0.4 is 5.32 Å². The molecule has 2 aliphatic heterocycles. The Morgan fingerprint density at radius 1 is 1.00 bits per heavy atom. The van der Waals surface area contributed by atoms with Crippen molar-refractivity contribution in [2.24, 2.45) is 0 Å². The predicted octanol–water partition coefficient (Wildman–Crippen LogP) is 3.84. The van der Waals surface area contributed by atoms with E-state index < -0.39 is 17.8 Å². The van der Waals surface area contributed by atoms with Crippen molar-refractivity contribution in [3.8, 4) is 0 Å². The summed E-state index contributed by atoms with van der Waals surface area (Å²) in [7, 11) is 0. The van der Waals surface area contributed by atoms with Gasteiger partial charge in [-0.25, -0.2) is 4.79 Å². The number of aromatic nitrogens is 1. The molecule has 8 heteroatoms. The number of benzene rings is 1. The summed E-state index contributed by atoms with van der Waals surface area (Å²) < 4.78 is 1.89. The first-order valence-corrected chi connectivity index (χ1v) is 12.6. The van der Waals surface area contributed by atoms with Crippen molar-refractivity contribution in [2.45, 2.75) is 83.5 Å². The fraction of sp³-hybridized carbons (Fsp3) is 0.481. The number of fused-ring (bicyclic) bond motifs is 1. The number of para-hydroxylation sites is 1. The summed E-state index contributed by atoms with van der Waals surface area (Å²) in [5.41, 5.74) is 1.48. The molecule has 3 heterocycles. The molecule has 1 N–H and O–H groups in total. The van der Waals surface area contributed by atoms with Gasteiger partial charge in [-0.15, -0.1) is 0 Å². The number of barbiturate groups is 1. The van der Waals surface area contributed by atoms with Crippen LogP contribution in [0.4, 0.5) is 4.79 Å². The summed E-state index contributed by atoms with van der Waals surface area (Å²) >= 11 is 0. The third-order valence-corrected chi connectivity index (χ3v) is 7.73. The summed E-state index contributed by atoms with van der Waals surface area (Å²) in [6.45, 7) is 4.38. The van der Waals surface area contributed by atoms with Crippen molar-refractivity contribution in [3.05, 3.63) is 41.6 Å². The van der Waals surface area contributed by atoms with E-state index in [9.17, 15) is 19.2 Å². The number of carbonyl (C=O) groups is 4. The van der Waals surface area contributed by atoms with Crippen molar-refractivity contribution in [3.63, 3.8) is 0 Å². The number of likely N-dealkylation sites (tertiary alicyclic amines) is 1. The lowest BCUT2D eigenvalue weighted by Gasteiger charge is -2.39. The van der Waals surface area contributed by atoms with Crippen LogP contribution in [-0.4, -0.2) is 56.2 Å². The molecule has 0 spiro atoms. The van der Waals surface area contributed by atoms with Crippen molar-refractivity contribution >= 4 is 40.7 Å². The standard InChI is InChI=1S/C27H32N4O4/c1-17-8-7-9-18(2)30(17)24(32)16-29-15-19(21-12-5-6-13-23(21)29)14-22-25(33)28-27(35)31(26(22)34)20-10-3-4-11-20/h5-6,12-15,17-18,20H,3-4,7-11,16H2,1-2H3,(H,28,33,35)/b22-14-/t17-,18-/m0/s1. The molecule has 1 aromatic heterocycles. The van der Waals surface area contributed by atoms with Crippen molar-refractivity contribution in [1.82, 2.24) is 19.7 Å². The minimum absolute atomic E-state index is 0.0518. The lowest BCUT2D eigenvalue weighted by molar-refractivity contribution is -0.138. The summed E-state index contributed by atoms with van der Waals surface area (Å²) in [5, 5.41) is 3.18. The number of imide groups is 2. The van der Waals surface area contributed by atoms with Gasteiger partial charge in [0.2, 0.25) is 5.91 Å². The molecular weight excluding hydrogens is 444 g/mol. The van der Waals surface area contributed by atoms with Crippen LogP contribution in [0.5, 0.6) is 0 Å². The van der Waals surface area contributed by atoms with E-state index >= 15 is 0 Å². The predicted molar refractivity (Wildman–Crippen MR) is 132 cm³/mol. The van der Waals surface area contributed by atoms with E-state index in [0.29, 0.717) is 5.56 Å². The van der Waals surface area contributed by atoms with Crippen molar-refractivity contribution < 1.29 is 19.2 Å². The molecule has 1 aliphatic carbocycles. The van der Waals surface area contributed by atoms with Gasteiger partial charge in [-0.05, 0) is 58.1 Å². The van der Waals surface area contributed by atoms with Gasteiger partial charge in [-0.2, -0.15) is 0 Å². The highest BCUT2D eigenvalue weighted by atomic mass is 16.2. The molecule has 2 atom stereocenters. The molecule has 5 rings (SSSR count). The van der Waals surface area contributed by atoms with E-state index in [1.54, 1.807) is 6.08 Å². The van der Waals surface area contributed by atoms with Crippen LogP contribution in [0, 0.1) is 0 Å². The van der Waals surface area contributed by atoms with Crippen LogP contribution in [0.25, 0.3) is 17.0 Å². The Bertz CT molecular complexity index is 1210. The number of rotatable bonds is 4. The average Bonchev–Trinajstić information content (AvgIpc) is 3.45. The molecule has 3 fully saturated rings. The Balaban J connectivity index is 1.48. The molecule has 3 aliphatic rings. The Morgan fingerprint density at radius 2 is 1.69 bits per heavy atom. The van der Waals surface area contributed by atoms with Gasteiger partial charge in [0.15, 0.2) is 0 Å². The molecule has 5 amide bonds. The maximum absolute atomic E-state index is 13.3. The molecule has 8 nitrogen and oxygen atoms in total. The smallest absolute Gasteiger partial charge is 0.331 e. The second-order valence-corrected chi connectivity index (χ2v) is 10.1. The summed E-state index contributed by atoms with van der Waals surface area (Å²) in [6, 6.07) is 7.25. The number of nitrogens with one attached hydrogen (secondary N) is 1. The number of hydrogen-bond donors (Lipinski definition) is 1. The molecule has 184 valence electrons. The minimum Gasteiger partial charge on any atom is -0.337 e. The average molecular weight is 477 g/mol. The normalized spacial score (nSPS) is 25.1. The molecule has 0 radical (unpaired) electrons. The monoisotopic (exact) mass is 476 g/mol. The van der Waals surface area contributed by atoms with Crippen LogP contribution in [0.2, 0.25) is 0 Å². The Kier molecular flexibility index (Phi) is 6.21. The number of amides is 5. The van der Waals surface area contributed by atoms with Gasteiger partial charge in [0.05, 0.1) is 0 Å². The van der Waals surface area contributed by atoms with Crippen LogP contribution in [0.1, 0.15) is 64.4 Å². The number of piperidine rings is 1. The summed E-state index contributed by atoms with van der Waals surface area (Å²) in [5.74, 6) is -1.17. The Morgan fingerprint density at radius 3 is 2.40 bits per heavy atom. The number of nitrogens with zero attached hydrogens (tertiary/aromatic N) is 3. The second-order valence-electron chi connectivity index (χ2n) is 10.1. The van der Waals surface area contributed by atoms with E-state index in [2.05, 4.69) is 19.2 Å². The quantitative estimate of drug-likeness (QED) is 0.536. The molecule has 2 saturated heterocycles. The summed E-state index contributed by atoms with van der Waals surface area (Å²) in [4.78, 5) is 54.8. The van der Waals surface area contributed by atoms with Crippen LogP contribution in [0.3, 0.4) is 0 Å². The SMILES string of the molecule is C[C@H]1CCC[C@H](C)N1C(=O)Cn1cc(/C=C2/C(=O)NC(=O)N(C3CCCC3)C2=O)c2ccccc21. The Labute approximate surface area is 204 Å². The van der Waals surface area contributed by atoms with Gasteiger partial charge in [-0.1, -0.05) is 31.0 Å². The zero-order chi connectivity index (χ0) is 24.7. The molecule has 0 bridgehead atoms. The largest absolute Gasteiger partial charge is 0.337 e. The first-order chi connectivity index (χ1) is 16.8. The lowest BCUT2D eigenvalue weighted by atomic mass is 9.97. The van der Waals surface area contributed by atoms with Gasteiger partial charge in [0.1, 0.15) is 12.1 Å². The topological polar surface area (TPSA) is 91.7 Å². The number of carbonyl (C=O) groups excluding carboxylic acids is 4. The van der Waals surface area contributed by atoms with Gasteiger partial charge in [0, 0.05) is 40.8 Å². The molecule has 1 saturated carbocycles. The molecule has 1 aromatic carbocycles. The van der Waals surface area contributed by atoms with Crippen LogP contribution in [0.15, 0.2) is 36.0 Å².